The van der Waals surface area contributed by atoms with Gasteiger partial charge in [0.25, 0.3) is 5.78 Å². The molecular weight excluding hydrogens is 433 g/mol. The van der Waals surface area contributed by atoms with Crippen molar-refractivity contribution in [2.45, 2.75) is 45.6 Å². The molecule has 0 saturated heterocycles. The average molecular weight is 458 g/mol. The summed E-state index contributed by atoms with van der Waals surface area (Å²) in [5, 5.41) is 16.1. The Balaban J connectivity index is 2.17. The zero-order valence-corrected chi connectivity index (χ0v) is 19.6. The van der Waals surface area contributed by atoms with Crippen molar-refractivity contribution in [1.29, 1.82) is 0 Å². The maximum atomic E-state index is 15.2. The van der Waals surface area contributed by atoms with E-state index in [1.165, 1.54) is 10.8 Å². The van der Waals surface area contributed by atoms with Crippen molar-refractivity contribution >= 4 is 38.9 Å². The predicted molar refractivity (Wildman–Crippen MR) is 127 cm³/mol. The summed E-state index contributed by atoms with van der Waals surface area (Å²) < 4.78 is 31.8. The second-order valence-corrected chi connectivity index (χ2v) is 9.79. The highest BCUT2D eigenvalue weighted by Gasteiger charge is 2.27. The van der Waals surface area contributed by atoms with Gasteiger partial charge in [-0.15, -0.1) is 0 Å². The third-order valence-corrected chi connectivity index (χ3v) is 5.35. The summed E-state index contributed by atoms with van der Waals surface area (Å²) >= 11 is 6.39. The van der Waals surface area contributed by atoms with E-state index >= 15 is 8.78 Å². The van der Waals surface area contributed by atoms with E-state index in [0.717, 1.165) is 12.1 Å². The first-order valence-corrected chi connectivity index (χ1v) is 10.5. The fraction of sp³-hybridized carbons (Fsp3) is 0.381. The van der Waals surface area contributed by atoms with E-state index in [-0.39, 0.29) is 45.5 Å². The standard InChI is InChI=1S/C21H24B2ClF2N5O/c1-11(20(2,3)4)29-18-16(17(24)30-19-27-10-28-31(18)19)15-13(25)8-12(9-14(15)26)6-5-7-21(22,23)32/h8-11,29,32H,7,22-23H2,1-4H3/t11-/m1/s1. The molecule has 0 bridgehead atoms. The summed E-state index contributed by atoms with van der Waals surface area (Å²) in [4.78, 5) is 8.20. The number of halogens is 3. The summed E-state index contributed by atoms with van der Waals surface area (Å²) in [6.07, 6.45) is 1.46. The van der Waals surface area contributed by atoms with E-state index in [1.54, 1.807) is 15.7 Å². The van der Waals surface area contributed by atoms with E-state index in [2.05, 4.69) is 32.2 Å². The molecule has 3 rings (SSSR count). The van der Waals surface area contributed by atoms with Gasteiger partial charge in [0.1, 0.15) is 44.6 Å². The molecule has 11 heteroatoms. The van der Waals surface area contributed by atoms with Crippen molar-refractivity contribution in [2.75, 3.05) is 5.32 Å². The number of aliphatic hydroxyl groups is 1. The van der Waals surface area contributed by atoms with Crippen LogP contribution in [-0.4, -0.2) is 51.8 Å². The molecule has 1 aromatic carbocycles. The summed E-state index contributed by atoms with van der Waals surface area (Å²) in [6, 6.07) is 2.16. The van der Waals surface area contributed by atoms with Gasteiger partial charge in [-0.25, -0.2) is 8.78 Å². The van der Waals surface area contributed by atoms with E-state index in [4.69, 9.17) is 11.6 Å². The highest BCUT2D eigenvalue weighted by Crippen LogP contribution is 2.39. The molecule has 6 nitrogen and oxygen atoms in total. The highest BCUT2D eigenvalue weighted by molar-refractivity contribution is 6.38. The fourth-order valence-electron chi connectivity index (χ4n) is 2.84. The largest absolute Gasteiger partial charge is 0.407 e. The van der Waals surface area contributed by atoms with E-state index in [9.17, 15) is 5.11 Å². The molecule has 0 aliphatic heterocycles. The van der Waals surface area contributed by atoms with E-state index < -0.39 is 17.0 Å². The molecule has 32 heavy (non-hydrogen) atoms. The summed E-state index contributed by atoms with van der Waals surface area (Å²) in [7, 11) is 3.21. The Morgan fingerprint density at radius 3 is 2.41 bits per heavy atom. The first kappa shape index (κ1) is 24.0. The van der Waals surface area contributed by atoms with Gasteiger partial charge in [-0.1, -0.05) is 44.2 Å². The third-order valence-electron chi connectivity index (χ3n) is 5.08. The Morgan fingerprint density at radius 2 is 1.84 bits per heavy atom. The molecule has 0 spiro atoms. The van der Waals surface area contributed by atoms with Gasteiger partial charge in [-0.05, 0) is 24.5 Å². The molecule has 2 aromatic heterocycles. The van der Waals surface area contributed by atoms with Gasteiger partial charge < -0.3 is 10.4 Å². The van der Waals surface area contributed by atoms with Gasteiger partial charge in [-0.3, -0.25) is 0 Å². The van der Waals surface area contributed by atoms with Gasteiger partial charge >= 0.3 is 0 Å². The van der Waals surface area contributed by atoms with Crippen LogP contribution >= 0.6 is 11.6 Å². The van der Waals surface area contributed by atoms with Crippen molar-refractivity contribution in [3.05, 3.63) is 40.8 Å². The van der Waals surface area contributed by atoms with Gasteiger partial charge in [0, 0.05) is 23.4 Å². The van der Waals surface area contributed by atoms with Crippen molar-refractivity contribution < 1.29 is 13.9 Å². The molecule has 0 unspecified atom stereocenters. The molecule has 0 fully saturated rings. The van der Waals surface area contributed by atoms with Gasteiger partial charge in [0.05, 0.1) is 11.1 Å². The molecule has 0 saturated carbocycles. The van der Waals surface area contributed by atoms with Crippen LogP contribution in [0.2, 0.25) is 5.15 Å². The van der Waals surface area contributed by atoms with Crippen LogP contribution in [0, 0.1) is 28.9 Å². The van der Waals surface area contributed by atoms with Gasteiger partial charge in [0.2, 0.25) is 0 Å². The van der Waals surface area contributed by atoms with Crippen molar-refractivity contribution in [2.24, 2.45) is 5.41 Å². The maximum absolute atomic E-state index is 15.2. The van der Waals surface area contributed by atoms with Crippen molar-refractivity contribution in [1.82, 2.24) is 19.6 Å². The van der Waals surface area contributed by atoms with Crippen LogP contribution in [0.1, 0.15) is 39.7 Å². The molecule has 3 aromatic rings. The molecular formula is C21H24B2ClF2N5O. The molecule has 0 aliphatic rings. The molecule has 166 valence electrons. The third kappa shape index (κ3) is 5.22. The van der Waals surface area contributed by atoms with Crippen LogP contribution in [0.5, 0.6) is 0 Å². The number of nitrogens with one attached hydrogen (secondary N) is 1. The van der Waals surface area contributed by atoms with Crippen LogP contribution < -0.4 is 5.32 Å². The number of rotatable bonds is 4. The Bertz CT molecular complexity index is 1200. The summed E-state index contributed by atoms with van der Waals surface area (Å²) in [6.45, 7) is 8.06. The molecule has 0 amide bonds. The number of hydrogen-bond acceptors (Lipinski definition) is 5. The predicted octanol–water partition coefficient (Wildman–Crippen LogP) is 2.22. The summed E-state index contributed by atoms with van der Waals surface area (Å²) in [5.41, 5.74) is -0.309. The molecule has 0 radical (unpaired) electrons. The van der Waals surface area contributed by atoms with Crippen LogP contribution in [-0.2, 0) is 0 Å². The van der Waals surface area contributed by atoms with E-state index in [1.807, 2.05) is 27.7 Å². The van der Waals surface area contributed by atoms with Gasteiger partial charge in [0.15, 0.2) is 0 Å². The number of nitrogens with zero attached hydrogens (tertiary/aromatic N) is 4. The first-order chi connectivity index (χ1) is 14.8. The second kappa shape index (κ2) is 8.72. The normalized spacial score (nSPS) is 13.0. The Kier molecular flexibility index (Phi) is 6.55. The zero-order chi connectivity index (χ0) is 23.8. The fourth-order valence-corrected chi connectivity index (χ4v) is 3.10. The lowest BCUT2D eigenvalue weighted by atomic mass is 9.64. The van der Waals surface area contributed by atoms with Crippen LogP contribution in [0.15, 0.2) is 18.5 Å². The van der Waals surface area contributed by atoms with Crippen LogP contribution in [0.4, 0.5) is 14.6 Å². The monoisotopic (exact) mass is 457 g/mol. The highest BCUT2D eigenvalue weighted by atomic mass is 35.5. The second-order valence-electron chi connectivity index (χ2n) is 9.44. The Morgan fingerprint density at radius 1 is 1.22 bits per heavy atom. The zero-order valence-electron chi connectivity index (χ0n) is 18.9. The molecule has 0 aliphatic carbocycles. The van der Waals surface area contributed by atoms with Crippen LogP contribution in [0.25, 0.3) is 16.9 Å². The Labute approximate surface area is 192 Å². The smallest absolute Gasteiger partial charge is 0.255 e. The lowest BCUT2D eigenvalue weighted by Gasteiger charge is -2.30. The minimum absolute atomic E-state index is 0.0479. The van der Waals surface area contributed by atoms with E-state index in [0.29, 0.717) is 5.82 Å². The number of benzene rings is 1. The maximum Gasteiger partial charge on any atom is 0.255 e. The topological polar surface area (TPSA) is 75.3 Å². The van der Waals surface area contributed by atoms with Crippen molar-refractivity contribution in [3.8, 4) is 23.0 Å². The quantitative estimate of drug-likeness (QED) is 0.357. The average Bonchev–Trinajstić information content (AvgIpc) is 3.09. The molecule has 2 N–H and O–H groups in total. The lowest BCUT2D eigenvalue weighted by molar-refractivity contribution is 0.219. The number of aromatic nitrogens is 4. The number of fused-ring (bicyclic) bond motifs is 1. The summed E-state index contributed by atoms with van der Waals surface area (Å²) in [5.74, 6) is 4.24. The van der Waals surface area contributed by atoms with Gasteiger partial charge in [-0.2, -0.15) is 19.6 Å². The number of anilines is 1. The lowest BCUT2D eigenvalue weighted by Crippen LogP contribution is -2.32. The SMILES string of the molecule is BC(B)(O)CC#Cc1cc(F)c(-c2c(Cl)nc3ncnn3c2N[C@H](C)C(C)(C)C)c(F)c1. The minimum atomic E-state index is -0.999. The molecule has 2 heterocycles. The van der Waals surface area contributed by atoms with Crippen molar-refractivity contribution in [3.63, 3.8) is 0 Å². The minimum Gasteiger partial charge on any atom is -0.407 e. The first-order valence-electron chi connectivity index (χ1n) is 10.1. The molecule has 1 atom stereocenters. The van der Waals surface area contributed by atoms with Crippen LogP contribution in [0.3, 0.4) is 0 Å². The Hall–Kier alpha value is -2.63. The number of hydrogen-bond donors (Lipinski definition) is 2.